The highest BCUT2D eigenvalue weighted by atomic mass is 19.2. The molecule has 3 N–H and O–H groups in total. The number of H-pyrrole nitrogens is 1. The molecule has 0 aliphatic heterocycles. The highest BCUT2D eigenvalue weighted by Gasteiger charge is 2.14. The summed E-state index contributed by atoms with van der Waals surface area (Å²) in [5.41, 5.74) is 11.5. The first-order chi connectivity index (χ1) is 16.9. The van der Waals surface area contributed by atoms with Gasteiger partial charge in [0.15, 0.2) is 11.6 Å². The number of ketones is 1. The number of carbonyl (C=O) groups excluding carboxylic acids is 1. The zero-order valence-electron chi connectivity index (χ0n) is 18.9. The number of nitrogens with two attached hydrogens (primary N) is 1. The van der Waals surface area contributed by atoms with Crippen LogP contribution in [0.2, 0.25) is 0 Å². The first-order valence-corrected chi connectivity index (χ1v) is 11.0. The van der Waals surface area contributed by atoms with E-state index in [-0.39, 0.29) is 18.6 Å². The van der Waals surface area contributed by atoms with Crippen molar-refractivity contribution >= 4 is 22.6 Å². The van der Waals surface area contributed by atoms with Crippen molar-refractivity contribution in [1.29, 1.82) is 0 Å². The summed E-state index contributed by atoms with van der Waals surface area (Å²) in [7, 11) is 1.85. The molecule has 0 saturated carbocycles. The molecule has 0 radical (unpaired) electrons. The van der Waals surface area contributed by atoms with Crippen molar-refractivity contribution < 1.29 is 13.6 Å². The van der Waals surface area contributed by atoms with Crippen LogP contribution in [-0.4, -0.2) is 30.5 Å². The number of fused-ring (bicyclic) bond motifs is 1. The number of hydrogen-bond donors (Lipinski definition) is 2. The molecule has 3 aromatic heterocycles. The number of carbonyl (C=O) groups is 1. The fourth-order valence-electron chi connectivity index (χ4n) is 3.98. The number of anilines is 1. The Hall–Kier alpha value is -4.40. The molecule has 9 heteroatoms. The predicted octanol–water partition coefficient (Wildman–Crippen LogP) is 4.63. The van der Waals surface area contributed by atoms with Gasteiger partial charge in [0, 0.05) is 43.4 Å². The van der Waals surface area contributed by atoms with Gasteiger partial charge in [0.05, 0.1) is 22.8 Å². The molecular formula is C26H22F2N6O. The van der Waals surface area contributed by atoms with Crippen LogP contribution in [0.1, 0.15) is 17.5 Å². The number of imidazole rings is 1. The van der Waals surface area contributed by atoms with E-state index < -0.39 is 11.6 Å². The molecule has 35 heavy (non-hydrogen) atoms. The Labute approximate surface area is 199 Å². The van der Waals surface area contributed by atoms with Crippen LogP contribution < -0.4 is 5.73 Å². The van der Waals surface area contributed by atoms with Crippen molar-refractivity contribution in [3.05, 3.63) is 83.8 Å². The lowest BCUT2D eigenvalue weighted by Crippen LogP contribution is -2.04. The van der Waals surface area contributed by atoms with Gasteiger partial charge in [-0.15, -0.1) is 0 Å². The number of benzene rings is 2. The van der Waals surface area contributed by atoms with Crippen molar-refractivity contribution in [3.63, 3.8) is 0 Å². The molecule has 5 aromatic rings. The van der Waals surface area contributed by atoms with E-state index in [1.165, 1.54) is 6.07 Å². The average Bonchev–Trinajstić information content (AvgIpc) is 3.46. The van der Waals surface area contributed by atoms with Crippen LogP contribution in [0.25, 0.3) is 33.5 Å². The number of rotatable bonds is 7. The zero-order chi connectivity index (χ0) is 24.5. The summed E-state index contributed by atoms with van der Waals surface area (Å²) in [4.78, 5) is 24.7. The molecule has 2 aromatic carbocycles. The molecule has 0 fully saturated rings. The molecule has 7 nitrogen and oxygen atoms in total. The lowest BCUT2D eigenvalue weighted by Gasteiger charge is -2.04. The Balaban J connectivity index is 1.33. The number of aryl methyl sites for hydroxylation is 2. The topological polar surface area (TPSA) is 102 Å². The maximum atomic E-state index is 13.4. The summed E-state index contributed by atoms with van der Waals surface area (Å²) in [5, 5.41) is 4.20. The summed E-state index contributed by atoms with van der Waals surface area (Å²) >= 11 is 0. The van der Waals surface area contributed by atoms with Gasteiger partial charge in [-0.05, 0) is 47.9 Å². The van der Waals surface area contributed by atoms with Gasteiger partial charge in [-0.1, -0.05) is 12.1 Å². The third-order valence-electron chi connectivity index (χ3n) is 5.84. The Morgan fingerprint density at radius 3 is 2.63 bits per heavy atom. The SMILES string of the molecule is Cn1cc(-c2cnc(N)c(-c3nc4ccc(CC(=O)CCc5ccc(F)c(F)c5)cc4[nH]3)c2)cn1. The number of halogens is 2. The summed E-state index contributed by atoms with van der Waals surface area (Å²) in [6.45, 7) is 0. The van der Waals surface area contributed by atoms with Gasteiger partial charge in [0.1, 0.15) is 17.4 Å². The van der Waals surface area contributed by atoms with Crippen molar-refractivity contribution in [2.45, 2.75) is 19.3 Å². The van der Waals surface area contributed by atoms with Crippen molar-refractivity contribution in [1.82, 2.24) is 24.7 Å². The average molecular weight is 472 g/mol. The molecule has 0 aliphatic rings. The maximum absolute atomic E-state index is 13.4. The van der Waals surface area contributed by atoms with Crippen LogP contribution in [0.5, 0.6) is 0 Å². The van der Waals surface area contributed by atoms with Crippen molar-refractivity contribution in [2.75, 3.05) is 5.73 Å². The summed E-state index contributed by atoms with van der Waals surface area (Å²) in [5.74, 6) is -0.862. The van der Waals surface area contributed by atoms with Crippen LogP contribution in [0.3, 0.4) is 0 Å². The minimum absolute atomic E-state index is 0.00596. The number of Topliss-reactive ketones (excluding diaryl/α,β-unsaturated/α-hetero) is 1. The Morgan fingerprint density at radius 2 is 1.86 bits per heavy atom. The Morgan fingerprint density at radius 1 is 1.03 bits per heavy atom. The van der Waals surface area contributed by atoms with Crippen LogP contribution in [0.15, 0.2) is 61.1 Å². The number of hydrogen-bond acceptors (Lipinski definition) is 5. The predicted molar refractivity (Wildman–Crippen MR) is 129 cm³/mol. The molecule has 3 heterocycles. The third-order valence-corrected chi connectivity index (χ3v) is 5.84. The minimum Gasteiger partial charge on any atom is -0.383 e. The quantitative estimate of drug-likeness (QED) is 0.360. The minimum atomic E-state index is -0.905. The second-order valence-electron chi connectivity index (χ2n) is 8.46. The first kappa shape index (κ1) is 22.4. The van der Waals surface area contributed by atoms with Gasteiger partial charge in [0.2, 0.25) is 0 Å². The zero-order valence-corrected chi connectivity index (χ0v) is 18.9. The second-order valence-corrected chi connectivity index (χ2v) is 8.46. The van der Waals surface area contributed by atoms with Crippen LogP contribution in [0.4, 0.5) is 14.6 Å². The number of pyridine rings is 1. The smallest absolute Gasteiger partial charge is 0.159 e. The van der Waals surface area contributed by atoms with E-state index in [0.717, 1.165) is 39.9 Å². The standard InChI is InChI=1S/C26H22F2N6O/c1-34-14-18(13-31-34)17-11-20(25(29)30-12-17)26-32-23-7-4-16(10-24(23)33-26)8-19(35)5-2-15-3-6-21(27)22(28)9-15/h3-4,6-7,9-14H,2,5,8H2,1H3,(H2,29,30)(H,32,33). The van der Waals surface area contributed by atoms with Gasteiger partial charge in [-0.25, -0.2) is 18.7 Å². The van der Waals surface area contributed by atoms with Crippen LogP contribution >= 0.6 is 0 Å². The number of nitrogens with zero attached hydrogens (tertiary/aromatic N) is 4. The van der Waals surface area contributed by atoms with Gasteiger partial charge < -0.3 is 10.7 Å². The Bertz CT molecular complexity index is 1560. The molecule has 0 bridgehead atoms. The van der Waals surface area contributed by atoms with E-state index in [4.69, 9.17) is 5.73 Å². The Kier molecular flexibility index (Phi) is 5.82. The molecule has 0 spiro atoms. The van der Waals surface area contributed by atoms with Gasteiger partial charge in [-0.3, -0.25) is 9.48 Å². The van der Waals surface area contributed by atoms with E-state index in [1.54, 1.807) is 17.1 Å². The third kappa shape index (κ3) is 4.79. The molecule has 0 atom stereocenters. The highest BCUT2D eigenvalue weighted by molar-refractivity contribution is 5.86. The highest BCUT2D eigenvalue weighted by Crippen LogP contribution is 2.29. The van der Waals surface area contributed by atoms with Gasteiger partial charge in [0.25, 0.3) is 0 Å². The molecule has 5 rings (SSSR count). The normalized spacial score (nSPS) is 11.3. The van der Waals surface area contributed by atoms with Crippen LogP contribution in [-0.2, 0) is 24.7 Å². The van der Waals surface area contributed by atoms with Gasteiger partial charge >= 0.3 is 0 Å². The molecular weight excluding hydrogens is 450 g/mol. The molecule has 0 amide bonds. The first-order valence-electron chi connectivity index (χ1n) is 11.0. The maximum Gasteiger partial charge on any atom is 0.159 e. The van der Waals surface area contributed by atoms with Gasteiger partial charge in [-0.2, -0.15) is 5.10 Å². The van der Waals surface area contributed by atoms with E-state index in [9.17, 15) is 13.6 Å². The summed E-state index contributed by atoms with van der Waals surface area (Å²) in [6, 6.07) is 11.2. The molecule has 0 aliphatic carbocycles. The summed E-state index contributed by atoms with van der Waals surface area (Å²) < 4.78 is 28.2. The van der Waals surface area contributed by atoms with Crippen LogP contribution in [0, 0.1) is 11.6 Å². The number of nitrogens with one attached hydrogen (secondary N) is 1. The summed E-state index contributed by atoms with van der Waals surface area (Å²) in [6.07, 6.45) is 6.17. The number of nitrogen functional groups attached to an aromatic ring is 1. The largest absolute Gasteiger partial charge is 0.383 e. The van der Waals surface area contributed by atoms with E-state index >= 15 is 0 Å². The monoisotopic (exact) mass is 472 g/mol. The lowest BCUT2D eigenvalue weighted by atomic mass is 10.0. The fraction of sp³-hybridized carbons (Fsp3) is 0.154. The molecule has 0 saturated heterocycles. The lowest BCUT2D eigenvalue weighted by molar-refractivity contribution is -0.118. The molecule has 0 unspecified atom stereocenters. The van der Waals surface area contributed by atoms with E-state index in [1.807, 2.05) is 37.5 Å². The van der Waals surface area contributed by atoms with E-state index in [0.29, 0.717) is 29.2 Å². The van der Waals surface area contributed by atoms with Crippen molar-refractivity contribution in [3.8, 4) is 22.5 Å². The molecule has 176 valence electrons. The number of aromatic nitrogens is 5. The van der Waals surface area contributed by atoms with Crippen molar-refractivity contribution in [2.24, 2.45) is 7.05 Å². The van der Waals surface area contributed by atoms with E-state index in [2.05, 4.69) is 20.1 Å². The number of aromatic amines is 1. The second kappa shape index (κ2) is 9.09. The fourth-order valence-corrected chi connectivity index (χ4v) is 3.98.